The van der Waals surface area contributed by atoms with E-state index in [-0.39, 0.29) is 35.6 Å². The third kappa shape index (κ3) is 10.1. The van der Waals surface area contributed by atoms with Crippen LogP contribution in [0.2, 0.25) is 5.02 Å². The van der Waals surface area contributed by atoms with Gasteiger partial charge in [0.15, 0.2) is 11.5 Å². The van der Waals surface area contributed by atoms with Crippen molar-refractivity contribution in [2.45, 2.75) is 116 Å². The molecule has 0 saturated heterocycles. The van der Waals surface area contributed by atoms with Gasteiger partial charge in [0.05, 0.1) is 12.2 Å². The molecule has 0 atom stereocenters. The topological polar surface area (TPSA) is 86.7 Å². The summed E-state index contributed by atoms with van der Waals surface area (Å²) in [6, 6.07) is 14.8. The Kier molecular flexibility index (Phi) is 13.9. The number of ether oxygens (including phenoxy) is 2. The van der Waals surface area contributed by atoms with Gasteiger partial charge in [0.2, 0.25) is 5.78 Å². The number of allylic oxidation sites excluding steroid dienone is 2. The number of ketones is 2. The molecule has 1 saturated carbocycles. The molecule has 6 nitrogen and oxygen atoms in total. The number of carbonyl (C=O) groups excluding carboxylic acids is 4. The van der Waals surface area contributed by atoms with Crippen LogP contribution in [0, 0.1) is 5.92 Å². The molecule has 2 aromatic rings. The Balaban J connectivity index is 1.23. The van der Waals surface area contributed by atoms with Crippen LogP contribution in [-0.2, 0) is 19.1 Å². The minimum atomic E-state index is -0.444. The minimum Gasteiger partial charge on any atom is -0.466 e. The van der Waals surface area contributed by atoms with Crippen LogP contribution in [0.1, 0.15) is 142 Å². The fourth-order valence-electron chi connectivity index (χ4n) is 6.65. The van der Waals surface area contributed by atoms with Gasteiger partial charge in [0.1, 0.15) is 0 Å². The van der Waals surface area contributed by atoms with Gasteiger partial charge in [0.25, 0.3) is 0 Å². The molecule has 4 rings (SSSR count). The summed E-state index contributed by atoms with van der Waals surface area (Å²) in [6.07, 6.45) is 14.4. The minimum absolute atomic E-state index is 0.0547. The van der Waals surface area contributed by atoms with Crippen LogP contribution in [0.25, 0.3) is 0 Å². The first-order chi connectivity index (χ1) is 21.9. The average molecular weight is 635 g/mol. The summed E-state index contributed by atoms with van der Waals surface area (Å²) in [4.78, 5) is 51.6. The first-order valence-corrected chi connectivity index (χ1v) is 17.3. The van der Waals surface area contributed by atoms with Gasteiger partial charge in [-0.25, -0.2) is 0 Å². The highest BCUT2D eigenvalue weighted by atomic mass is 35.5. The lowest BCUT2D eigenvalue weighted by Gasteiger charge is -2.32. The first-order valence-electron chi connectivity index (χ1n) is 16.9. The van der Waals surface area contributed by atoms with E-state index in [4.69, 9.17) is 21.1 Å². The number of halogens is 1. The Morgan fingerprint density at radius 2 is 1.16 bits per heavy atom. The Hall–Kier alpha value is -3.25. The van der Waals surface area contributed by atoms with Gasteiger partial charge in [-0.15, -0.1) is 0 Å². The summed E-state index contributed by atoms with van der Waals surface area (Å²) in [6.45, 7) is 2.28. The van der Waals surface area contributed by atoms with Gasteiger partial charge in [-0.05, 0) is 75.0 Å². The number of hydrogen-bond acceptors (Lipinski definition) is 6. The van der Waals surface area contributed by atoms with Gasteiger partial charge in [0, 0.05) is 29.0 Å². The molecule has 0 aliphatic heterocycles. The molecule has 242 valence electrons. The molecule has 1 fully saturated rings. The largest absolute Gasteiger partial charge is 0.466 e. The highest BCUT2D eigenvalue weighted by molar-refractivity contribution is 6.30. The normalized spacial score (nSPS) is 18.1. The summed E-state index contributed by atoms with van der Waals surface area (Å²) in [5.74, 6) is -0.915. The van der Waals surface area contributed by atoms with E-state index >= 15 is 0 Å². The number of unbranched alkanes of at least 4 members (excludes halogenated alkanes) is 9. The predicted octanol–water partition coefficient (Wildman–Crippen LogP) is 9.73. The molecule has 0 aromatic heterocycles. The number of rotatable bonds is 17. The van der Waals surface area contributed by atoms with Gasteiger partial charge in [-0.3, -0.25) is 19.2 Å². The Labute approximate surface area is 272 Å². The zero-order valence-electron chi connectivity index (χ0n) is 26.6. The van der Waals surface area contributed by atoms with Crippen LogP contribution in [0.15, 0.2) is 59.9 Å². The van der Waals surface area contributed by atoms with E-state index in [1.54, 1.807) is 24.3 Å². The summed E-state index contributed by atoms with van der Waals surface area (Å²) in [5.41, 5.74) is 2.32. The van der Waals surface area contributed by atoms with Crippen molar-refractivity contribution in [1.82, 2.24) is 0 Å². The van der Waals surface area contributed by atoms with Crippen LogP contribution in [0.3, 0.4) is 0 Å². The smallest absolute Gasteiger partial charge is 0.311 e. The molecular weight excluding hydrogens is 588 g/mol. The molecule has 0 amide bonds. The van der Waals surface area contributed by atoms with Crippen LogP contribution in [0.4, 0.5) is 0 Å². The van der Waals surface area contributed by atoms with Gasteiger partial charge in [-0.2, -0.15) is 0 Å². The lowest BCUT2D eigenvalue weighted by molar-refractivity contribution is -0.143. The number of carbonyl (C=O) groups is 4. The summed E-state index contributed by atoms with van der Waals surface area (Å²) in [7, 11) is 0. The SMILES string of the molecule is CCOC(=O)CCCCCCCCCCCCC(=O)OC1=C([C@H]2CC[C@H](c3ccc(Cl)cc3)CC2)C(=O)c2ccccc2C1=O. The standard InChI is InChI=1S/C38H47ClO6/c1-2-44-33(40)17-11-9-7-5-3-4-6-8-10-12-18-34(41)45-38-35(36(42)31-15-13-14-16-32(31)37(38)43)29-21-19-27(20-22-29)28-23-25-30(39)26-24-28/h13-16,23-27,29H,2-12,17-22H2,1H3/t27-,29-. The van der Waals surface area contributed by atoms with Crippen molar-refractivity contribution in [3.63, 3.8) is 0 Å². The third-order valence-corrected chi connectivity index (χ3v) is 9.37. The monoisotopic (exact) mass is 634 g/mol. The zero-order valence-corrected chi connectivity index (χ0v) is 27.4. The molecule has 0 N–H and O–H groups in total. The fraction of sp³-hybridized carbons (Fsp3) is 0.526. The van der Waals surface area contributed by atoms with Crippen molar-refractivity contribution < 1.29 is 28.7 Å². The van der Waals surface area contributed by atoms with Gasteiger partial charge >= 0.3 is 11.9 Å². The van der Waals surface area contributed by atoms with E-state index < -0.39 is 5.97 Å². The molecule has 45 heavy (non-hydrogen) atoms. The van der Waals surface area contributed by atoms with Crippen LogP contribution in [0.5, 0.6) is 0 Å². The second-order valence-electron chi connectivity index (χ2n) is 12.4. The summed E-state index contributed by atoms with van der Waals surface area (Å²) < 4.78 is 10.7. The van der Waals surface area contributed by atoms with E-state index in [1.165, 1.54) is 18.4 Å². The van der Waals surface area contributed by atoms with E-state index in [0.29, 0.717) is 47.1 Å². The van der Waals surface area contributed by atoms with Crippen molar-refractivity contribution in [1.29, 1.82) is 0 Å². The van der Waals surface area contributed by atoms with Crippen molar-refractivity contribution in [2.75, 3.05) is 6.61 Å². The number of benzene rings is 2. The molecule has 2 aliphatic rings. The molecule has 7 heteroatoms. The maximum Gasteiger partial charge on any atom is 0.311 e. The number of esters is 2. The molecule has 2 aliphatic carbocycles. The molecule has 2 aromatic carbocycles. The molecule has 0 unspecified atom stereocenters. The maximum atomic E-state index is 13.7. The summed E-state index contributed by atoms with van der Waals surface area (Å²) >= 11 is 6.07. The highest BCUT2D eigenvalue weighted by Crippen LogP contribution is 2.42. The van der Waals surface area contributed by atoms with Crippen LogP contribution >= 0.6 is 11.6 Å². The molecule has 0 radical (unpaired) electrons. The Morgan fingerprint density at radius 3 is 1.71 bits per heavy atom. The van der Waals surface area contributed by atoms with Crippen molar-refractivity contribution in [3.8, 4) is 0 Å². The number of Topliss-reactive ketones (excluding diaryl/α,β-unsaturated/α-hetero) is 2. The van der Waals surface area contributed by atoms with E-state index in [1.807, 2.05) is 19.1 Å². The quantitative estimate of drug-likeness (QED) is 0.127. The average Bonchev–Trinajstić information content (AvgIpc) is 3.05. The third-order valence-electron chi connectivity index (χ3n) is 9.12. The Bertz CT molecular complexity index is 1340. The molecule has 0 spiro atoms. The maximum absolute atomic E-state index is 13.7. The molecular formula is C38H47ClO6. The number of fused-ring (bicyclic) bond motifs is 1. The molecule has 0 bridgehead atoms. The van der Waals surface area contributed by atoms with E-state index in [0.717, 1.165) is 70.6 Å². The lowest BCUT2D eigenvalue weighted by Crippen LogP contribution is -2.30. The first kappa shape index (κ1) is 34.6. The number of hydrogen-bond donors (Lipinski definition) is 0. The van der Waals surface area contributed by atoms with Crippen molar-refractivity contribution >= 4 is 35.1 Å². The highest BCUT2D eigenvalue weighted by Gasteiger charge is 2.39. The van der Waals surface area contributed by atoms with E-state index in [2.05, 4.69) is 12.1 Å². The van der Waals surface area contributed by atoms with Gasteiger partial charge in [-0.1, -0.05) is 99.4 Å². The Morgan fingerprint density at radius 1 is 0.667 bits per heavy atom. The zero-order chi connectivity index (χ0) is 32.0. The predicted molar refractivity (Wildman–Crippen MR) is 176 cm³/mol. The van der Waals surface area contributed by atoms with Crippen molar-refractivity contribution in [3.05, 3.63) is 81.6 Å². The molecule has 0 heterocycles. The van der Waals surface area contributed by atoms with Crippen molar-refractivity contribution in [2.24, 2.45) is 5.92 Å². The summed E-state index contributed by atoms with van der Waals surface area (Å²) in [5, 5.41) is 0.709. The van der Waals surface area contributed by atoms with E-state index in [9.17, 15) is 19.2 Å². The van der Waals surface area contributed by atoms with Gasteiger partial charge < -0.3 is 9.47 Å². The fourth-order valence-corrected chi connectivity index (χ4v) is 6.77. The lowest BCUT2D eigenvalue weighted by atomic mass is 9.72. The second kappa shape index (κ2) is 18.0. The van der Waals surface area contributed by atoms with Crippen LogP contribution in [-0.4, -0.2) is 30.1 Å². The second-order valence-corrected chi connectivity index (χ2v) is 12.8. The van der Waals surface area contributed by atoms with Crippen LogP contribution < -0.4 is 0 Å².